The molecule has 23 heavy (non-hydrogen) atoms. The summed E-state index contributed by atoms with van der Waals surface area (Å²) >= 11 is 0. The SMILES string of the molecule is C.C/C=C/C(=O)O.C/C=C/C(C)=O.CC(=O)O.CC=O.CC=O. The molecular weight excluding hydrogens is 304 g/mol. The number of hydrogen-bond donors (Lipinski definition) is 2. The fourth-order valence-electron chi connectivity index (χ4n) is 0.377. The Balaban J connectivity index is -0.0000000402. The topological polar surface area (TPSA) is 126 Å². The molecule has 0 amide bonds. The van der Waals surface area contributed by atoms with Gasteiger partial charge in [0.2, 0.25) is 0 Å². The molecule has 0 aromatic carbocycles. The van der Waals surface area contributed by atoms with Gasteiger partial charge in [0, 0.05) is 13.0 Å². The Hall–Kier alpha value is -2.57. The Labute approximate surface area is 138 Å². The lowest BCUT2D eigenvalue weighted by atomic mass is 10.4. The van der Waals surface area contributed by atoms with Crippen LogP contribution in [0, 0.1) is 0 Å². The van der Waals surface area contributed by atoms with Crippen LogP contribution in [0.5, 0.6) is 0 Å². The first-order valence-electron chi connectivity index (χ1n) is 6.08. The van der Waals surface area contributed by atoms with E-state index in [0.29, 0.717) is 0 Å². The molecule has 0 atom stereocenters. The van der Waals surface area contributed by atoms with Crippen LogP contribution < -0.4 is 0 Å². The van der Waals surface area contributed by atoms with E-state index in [-0.39, 0.29) is 13.2 Å². The van der Waals surface area contributed by atoms with Crippen LogP contribution in [0.1, 0.15) is 49.0 Å². The lowest BCUT2D eigenvalue weighted by Crippen LogP contribution is -1.83. The lowest BCUT2D eigenvalue weighted by Gasteiger charge is -1.68. The van der Waals surface area contributed by atoms with Crippen molar-refractivity contribution >= 4 is 30.3 Å². The Bertz CT molecular complexity index is 310. The Kier molecular flexibility index (Phi) is 68.8. The number of carboxylic acid groups (broad SMARTS) is 2. The summed E-state index contributed by atoms with van der Waals surface area (Å²) in [7, 11) is 0. The number of aliphatic carboxylic acids is 2. The second kappa shape index (κ2) is 42.7. The van der Waals surface area contributed by atoms with Gasteiger partial charge in [-0.3, -0.25) is 9.59 Å². The molecule has 0 radical (unpaired) electrons. The van der Waals surface area contributed by atoms with Crippen LogP contribution >= 0.6 is 0 Å². The summed E-state index contributed by atoms with van der Waals surface area (Å²) < 4.78 is 0. The summed E-state index contributed by atoms with van der Waals surface area (Å²) in [5.41, 5.74) is 0. The van der Waals surface area contributed by atoms with Crippen LogP contribution in [0.4, 0.5) is 0 Å². The fourth-order valence-corrected chi connectivity index (χ4v) is 0.377. The number of hydrogen-bond acceptors (Lipinski definition) is 5. The largest absolute Gasteiger partial charge is 0.481 e. The normalized spacial score (nSPS) is 7.22. The molecule has 7 heteroatoms. The number of rotatable bonds is 2. The molecule has 0 aliphatic rings. The summed E-state index contributed by atoms with van der Waals surface area (Å²) in [6.45, 7) is 8.98. The molecule has 0 aromatic rings. The molecule has 0 unspecified atom stereocenters. The van der Waals surface area contributed by atoms with E-state index in [2.05, 4.69) is 0 Å². The molecule has 0 saturated carbocycles. The number of carbonyl (C=O) groups excluding carboxylic acids is 3. The predicted molar refractivity (Wildman–Crippen MR) is 91.5 cm³/mol. The molecule has 0 aliphatic heterocycles. The summed E-state index contributed by atoms with van der Waals surface area (Å²) in [5, 5.41) is 15.2. The summed E-state index contributed by atoms with van der Waals surface area (Å²) in [5.74, 6) is -1.62. The van der Waals surface area contributed by atoms with Crippen molar-refractivity contribution < 1.29 is 34.2 Å². The first kappa shape index (κ1) is 37.0. The fraction of sp³-hybridized carbons (Fsp3) is 0.438. The van der Waals surface area contributed by atoms with Gasteiger partial charge >= 0.3 is 5.97 Å². The van der Waals surface area contributed by atoms with Crippen molar-refractivity contribution in [3.63, 3.8) is 0 Å². The van der Waals surface area contributed by atoms with Crippen LogP contribution in [0.15, 0.2) is 24.3 Å². The first-order valence-corrected chi connectivity index (χ1v) is 6.08. The molecule has 0 aromatic heterocycles. The van der Waals surface area contributed by atoms with Crippen molar-refractivity contribution in [3.05, 3.63) is 24.3 Å². The molecular formula is C16H30O7. The molecule has 0 saturated heterocycles. The lowest BCUT2D eigenvalue weighted by molar-refractivity contribution is -0.134. The van der Waals surface area contributed by atoms with Gasteiger partial charge in [0.25, 0.3) is 5.97 Å². The average Bonchev–Trinajstić information content (AvgIpc) is 2.30. The van der Waals surface area contributed by atoms with Crippen molar-refractivity contribution in [1.29, 1.82) is 0 Å². The molecule has 0 spiro atoms. The average molecular weight is 334 g/mol. The van der Waals surface area contributed by atoms with Crippen LogP contribution in [-0.2, 0) is 24.0 Å². The molecule has 7 nitrogen and oxygen atoms in total. The number of carboxylic acids is 2. The summed E-state index contributed by atoms with van der Waals surface area (Å²) in [6, 6.07) is 0. The number of allylic oxidation sites excluding steroid dienone is 3. The van der Waals surface area contributed by atoms with Gasteiger partial charge in [0.1, 0.15) is 12.6 Å². The second-order valence-electron chi connectivity index (χ2n) is 2.94. The van der Waals surface area contributed by atoms with E-state index in [9.17, 15) is 9.59 Å². The maximum absolute atomic E-state index is 9.96. The van der Waals surface area contributed by atoms with Crippen molar-refractivity contribution in [2.24, 2.45) is 0 Å². The number of carbonyl (C=O) groups is 5. The zero-order valence-corrected chi connectivity index (χ0v) is 13.9. The van der Waals surface area contributed by atoms with E-state index >= 15 is 0 Å². The highest BCUT2D eigenvalue weighted by atomic mass is 16.4. The highest BCUT2D eigenvalue weighted by Crippen LogP contribution is 1.69. The third-order valence-corrected chi connectivity index (χ3v) is 0.711. The van der Waals surface area contributed by atoms with E-state index in [1.54, 1.807) is 13.0 Å². The van der Waals surface area contributed by atoms with E-state index in [1.165, 1.54) is 32.9 Å². The minimum Gasteiger partial charge on any atom is -0.481 e. The van der Waals surface area contributed by atoms with E-state index < -0.39 is 11.9 Å². The van der Waals surface area contributed by atoms with Gasteiger partial charge in [-0.2, -0.15) is 0 Å². The first-order chi connectivity index (χ1) is 10.1. The van der Waals surface area contributed by atoms with Gasteiger partial charge in [-0.25, -0.2) is 4.79 Å². The maximum atomic E-state index is 9.96. The Morgan fingerprint density at radius 1 is 0.739 bits per heavy atom. The number of ketones is 1. The zero-order chi connectivity index (χ0) is 19.0. The Morgan fingerprint density at radius 2 is 0.957 bits per heavy atom. The highest BCUT2D eigenvalue weighted by Gasteiger charge is 1.76. The van der Waals surface area contributed by atoms with E-state index in [1.807, 2.05) is 6.92 Å². The van der Waals surface area contributed by atoms with Gasteiger partial charge in [-0.15, -0.1) is 0 Å². The van der Waals surface area contributed by atoms with Crippen molar-refractivity contribution in [2.45, 2.75) is 49.0 Å². The summed E-state index contributed by atoms with van der Waals surface area (Å²) in [4.78, 5) is 46.1. The highest BCUT2D eigenvalue weighted by molar-refractivity contribution is 5.87. The van der Waals surface area contributed by atoms with Gasteiger partial charge in [0.05, 0.1) is 0 Å². The second-order valence-corrected chi connectivity index (χ2v) is 2.94. The quantitative estimate of drug-likeness (QED) is 0.587. The summed E-state index contributed by atoms with van der Waals surface area (Å²) in [6.07, 6.45) is 7.31. The van der Waals surface area contributed by atoms with Gasteiger partial charge in [0.15, 0.2) is 5.78 Å². The smallest absolute Gasteiger partial charge is 0.327 e. The predicted octanol–water partition coefficient (Wildman–Crippen LogP) is 2.94. The van der Waals surface area contributed by atoms with Crippen LogP contribution in [0.3, 0.4) is 0 Å². The maximum Gasteiger partial charge on any atom is 0.327 e. The Morgan fingerprint density at radius 3 is 0.957 bits per heavy atom. The molecule has 0 rings (SSSR count). The van der Waals surface area contributed by atoms with E-state index in [4.69, 9.17) is 24.6 Å². The minimum absolute atomic E-state index is 0. The van der Waals surface area contributed by atoms with Gasteiger partial charge in [-0.05, 0) is 40.7 Å². The number of aldehydes is 2. The minimum atomic E-state index is -0.891. The zero-order valence-electron chi connectivity index (χ0n) is 13.9. The van der Waals surface area contributed by atoms with Crippen LogP contribution in [0.2, 0.25) is 0 Å². The van der Waals surface area contributed by atoms with E-state index in [0.717, 1.165) is 25.6 Å². The molecule has 0 aliphatic carbocycles. The standard InChI is InChI=1S/C5H8O.C4H6O2.C2H4O2.2C2H4O.CH4/c1-3-4-5(2)6;1-2-3-4(5)6;1-2(3)4;2*1-2-3;/h3-4H,1-2H3;2-3H,1H3,(H,5,6);1H3,(H,3,4);2*2H,1H3;1H4/b4-3+;3-2+;;;;. The van der Waals surface area contributed by atoms with Crippen molar-refractivity contribution in [3.8, 4) is 0 Å². The van der Waals surface area contributed by atoms with Crippen LogP contribution in [-0.4, -0.2) is 40.5 Å². The third-order valence-electron chi connectivity index (χ3n) is 0.711. The van der Waals surface area contributed by atoms with Crippen LogP contribution in [0.25, 0.3) is 0 Å². The molecule has 0 heterocycles. The molecule has 0 fully saturated rings. The molecule has 2 N–H and O–H groups in total. The van der Waals surface area contributed by atoms with Gasteiger partial charge < -0.3 is 19.8 Å². The molecule has 0 bridgehead atoms. The van der Waals surface area contributed by atoms with Crippen molar-refractivity contribution in [1.82, 2.24) is 0 Å². The molecule has 136 valence electrons. The monoisotopic (exact) mass is 334 g/mol. The van der Waals surface area contributed by atoms with Gasteiger partial charge in [-0.1, -0.05) is 19.6 Å². The third kappa shape index (κ3) is 502. The van der Waals surface area contributed by atoms with Crippen molar-refractivity contribution in [2.75, 3.05) is 0 Å².